The highest BCUT2D eigenvalue weighted by atomic mass is 16.5. The molecule has 0 spiro atoms. The van der Waals surface area contributed by atoms with Gasteiger partial charge in [0.15, 0.2) is 5.82 Å². The number of rotatable bonds is 4. The Hall–Kier alpha value is -1.72. The number of ether oxygens (including phenoxy) is 1. The average molecular weight is 393 g/mol. The van der Waals surface area contributed by atoms with Crippen molar-refractivity contribution in [3.8, 4) is 0 Å². The van der Waals surface area contributed by atoms with Crippen LogP contribution in [0.15, 0.2) is 24.3 Å². The molecule has 154 valence electrons. The van der Waals surface area contributed by atoms with Gasteiger partial charge >= 0.3 is 0 Å². The molecule has 1 aliphatic heterocycles. The molecule has 1 aromatic heterocycles. The predicted molar refractivity (Wildman–Crippen MR) is 115 cm³/mol. The third-order valence-corrected chi connectivity index (χ3v) is 8.08. The van der Waals surface area contributed by atoms with E-state index in [1.165, 1.54) is 32.1 Å². The first kappa shape index (κ1) is 18.1. The molecular weight excluding hydrogens is 360 g/mol. The van der Waals surface area contributed by atoms with Gasteiger partial charge in [0.05, 0.1) is 12.1 Å². The molecule has 0 amide bonds. The number of nitrogens with one attached hydrogen (secondary N) is 2. The number of hydrogen-bond acceptors (Lipinski definition) is 5. The minimum Gasteiger partial charge on any atom is -0.368 e. The summed E-state index contributed by atoms with van der Waals surface area (Å²) in [7, 11) is 0. The number of nitrogens with zero attached hydrogens (tertiary/aromatic N) is 2. The van der Waals surface area contributed by atoms with Crippen molar-refractivity contribution in [1.29, 1.82) is 0 Å². The van der Waals surface area contributed by atoms with Gasteiger partial charge in [0, 0.05) is 24.5 Å². The Morgan fingerprint density at radius 1 is 1.03 bits per heavy atom. The second kappa shape index (κ2) is 7.21. The summed E-state index contributed by atoms with van der Waals surface area (Å²) in [6, 6.07) is 8.83. The number of fused-ring (bicyclic) bond motifs is 1. The highest BCUT2D eigenvalue weighted by molar-refractivity contribution is 5.89. The largest absolute Gasteiger partial charge is 0.368 e. The fraction of sp³-hybridized carbons (Fsp3) is 0.667. The summed E-state index contributed by atoms with van der Waals surface area (Å²) in [6.07, 6.45) is 7.28. The van der Waals surface area contributed by atoms with Gasteiger partial charge in [-0.1, -0.05) is 12.1 Å². The van der Waals surface area contributed by atoms with Crippen LogP contribution in [0.3, 0.4) is 0 Å². The summed E-state index contributed by atoms with van der Waals surface area (Å²) in [6.45, 7) is 4.79. The van der Waals surface area contributed by atoms with Gasteiger partial charge in [-0.3, -0.25) is 0 Å². The molecule has 2 unspecified atom stereocenters. The highest BCUT2D eigenvalue weighted by Crippen LogP contribution is 2.57. The number of anilines is 1. The zero-order valence-corrected chi connectivity index (χ0v) is 17.3. The van der Waals surface area contributed by atoms with Crippen molar-refractivity contribution in [3.63, 3.8) is 0 Å². The van der Waals surface area contributed by atoms with E-state index in [4.69, 9.17) is 14.7 Å². The van der Waals surface area contributed by atoms with Gasteiger partial charge in [-0.2, -0.15) is 0 Å². The summed E-state index contributed by atoms with van der Waals surface area (Å²) in [5.74, 6) is 6.43. The maximum atomic E-state index is 5.95. The van der Waals surface area contributed by atoms with Gasteiger partial charge in [0.1, 0.15) is 11.9 Å². The minimum absolute atomic E-state index is 0.0645. The number of aromatic nitrogens is 2. The Balaban J connectivity index is 1.30. The van der Waals surface area contributed by atoms with E-state index in [-0.39, 0.29) is 6.10 Å². The van der Waals surface area contributed by atoms with Crippen LogP contribution in [0.1, 0.15) is 51.0 Å². The van der Waals surface area contributed by atoms with E-state index < -0.39 is 0 Å². The zero-order chi connectivity index (χ0) is 19.4. The number of morpholine rings is 1. The summed E-state index contributed by atoms with van der Waals surface area (Å²) in [5, 5.41) is 8.39. The van der Waals surface area contributed by atoms with Crippen LogP contribution in [0.25, 0.3) is 10.9 Å². The third kappa shape index (κ3) is 3.23. The molecule has 5 nitrogen and oxygen atoms in total. The summed E-state index contributed by atoms with van der Waals surface area (Å²) < 4.78 is 5.95. The van der Waals surface area contributed by atoms with E-state index in [1.807, 2.05) is 0 Å². The Morgan fingerprint density at radius 2 is 1.79 bits per heavy atom. The van der Waals surface area contributed by atoms with Crippen LogP contribution < -0.4 is 10.6 Å². The first-order valence-electron chi connectivity index (χ1n) is 11.6. The Morgan fingerprint density at radius 3 is 2.52 bits per heavy atom. The monoisotopic (exact) mass is 392 g/mol. The highest BCUT2D eigenvalue weighted by Gasteiger charge is 2.49. The quantitative estimate of drug-likeness (QED) is 0.818. The van der Waals surface area contributed by atoms with E-state index >= 15 is 0 Å². The van der Waals surface area contributed by atoms with Crippen molar-refractivity contribution < 1.29 is 4.74 Å². The van der Waals surface area contributed by atoms with E-state index in [1.54, 1.807) is 0 Å². The van der Waals surface area contributed by atoms with Gasteiger partial charge in [-0.05, 0) is 80.8 Å². The summed E-state index contributed by atoms with van der Waals surface area (Å²) in [5.41, 5.74) is 1.01. The second-order valence-electron chi connectivity index (χ2n) is 9.95. The molecule has 2 N–H and O–H groups in total. The molecule has 2 atom stereocenters. The van der Waals surface area contributed by atoms with Crippen molar-refractivity contribution in [3.05, 3.63) is 30.1 Å². The maximum absolute atomic E-state index is 5.95. The molecule has 4 aliphatic carbocycles. The lowest BCUT2D eigenvalue weighted by Crippen LogP contribution is -2.50. The van der Waals surface area contributed by atoms with E-state index in [0.29, 0.717) is 12.6 Å². The zero-order valence-electron chi connectivity index (χ0n) is 17.3. The third-order valence-electron chi connectivity index (χ3n) is 8.08. The molecule has 5 heteroatoms. The average Bonchev–Trinajstić information content (AvgIpc) is 2.73. The lowest BCUT2D eigenvalue weighted by Gasteiger charge is -2.56. The topological polar surface area (TPSA) is 59.1 Å². The van der Waals surface area contributed by atoms with Crippen LogP contribution in [0, 0.1) is 29.6 Å². The molecule has 5 aliphatic rings. The molecule has 29 heavy (non-hydrogen) atoms. The molecule has 1 saturated heterocycles. The van der Waals surface area contributed by atoms with Gasteiger partial charge < -0.3 is 15.4 Å². The SMILES string of the molecule is CC(Nc1nc(C2CNCCO2)nc2ccccc12)C1C2CC3CC(C2)CC1C3. The van der Waals surface area contributed by atoms with Crippen LogP contribution in [0.4, 0.5) is 5.82 Å². The van der Waals surface area contributed by atoms with Gasteiger partial charge in [0.25, 0.3) is 0 Å². The standard InChI is InChI=1S/C24H32N4O/c1-14(22-17-9-15-8-16(11-17)12-18(22)10-15)26-23-19-4-2-3-5-20(19)27-24(28-23)21-13-25-6-7-29-21/h2-5,14-18,21-22,25H,6-13H2,1H3,(H,26,27,28). The molecule has 5 fully saturated rings. The molecule has 2 heterocycles. The maximum Gasteiger partial charge on any atom is 0.161 e. The van der Waals surface area contributed by atoms with E-state index in [9.17, 15) is 0 Å². The molecule has 7 rings (SSSR count). The van der Waals surface area contributed by atoms with Crippen LogP contribution in [-0.4, -0.2) is 35.7 Å². The summed E-state index contributed by atoms with van der Waals surface area (Å²) in [4.78, 5) is 9.83. The van der Waals surface area contributed by atoms with Gasteiger partial charge in [-0.25, -0.2) is 9.97 Å². The molecular formula is C24H32N4O. The molecule has 2 aromatic rings. The minimum atomic E-state index is -0.0645. The Kier molecular flexibility index (Phi) is 4.49. The molecule has 4 bridgehead atoms. The first-order chi connectivity index (χ1) is 14.2. The molecule has 1 aromatic carbocycles. The molecule has 0 radical (unpaired) electrons. The normalized spacial score (nSPS) is 37.0. The lowest BCUT2D eigenvalue weighted by molar-refractivity contribution is -0.0417. The van der Waals surface area contributed by atoms with Crippen molar-refractivity contribution in [2.75, 3.05) is 25.0 Å². The fourth-order valence-electron chi connectivity index (χ4n) is 7.18. The smallest absolute Gasteiger partial charge is 0.161 e. The Labute approximate surface area is 173 Å². The van der Waals surface area contributed by atoms with Crippen molar-refractivity contribution >= 4 is 16.7 Å². The predicted octanol–water partition coefficient (Wildman–Crippen LogP) is 4.16. The van der Waals surface area contributed by atoms with E-state index in [2.05, 4.69) is 41.8 Å². The van der Waals surface area contributed by atoms with Crippen molar-refractivity contribution in [2.45, 2.75) is 51.2 Å². The van der Waals surface area contributed by atoms with E-state index in [0.717, 1.165) is 65.2 Å². The van der Waals surface area contributed by atoms with Crippen LogP contribution in [0.2, 0.25) is 0 Å². The van der Waals surface area contributed by atoms with Gasteiger partial charge in [0.2, 0.25) is 0 Å². The lowest BCUT2D eigenvalue weighted by atomic mass is 9.50. The number of para-hydroxylation sites is 1. The Bertz CT molecular complexity index is 866. The van der Waals surface area contributed by atoms with Crippen LogP contribution in [-0.2, 0) is 4.74 Å². The number of hydrogen-bond donors (Lipinski definition) is 2. The second-order valence-corrected chi connectivity index (χ2v) is 9.95. The van der Waals surface area contributed by atoms with Crippen LogP contribution >= 0.6 is 0 Å². The van der Waals surface area contributed by atoms with Crippen LogP contribution in [0.5, 0.6) is 0 Å². The van der Waals surface area contributed by atoms with Gasteiger partial charge in [-0.15, -0.1) is 0 Å². The summed E-state index contributed by atoms with van der Waals surface area (Å²) >= 11 is 0. The first-order valence-corrected chi connectivity index (χ1v) is 11.6. The van der Waals surface area contributed by atoms with Crippen molar-refractivity contribution in [1.82, 2.24) is 15.3 Å². The van der Waals surface area contributed by atoms with Crippen molar-refractivity contribution in [2.24, 2.45) is 29.6 Å². The molecule has 4 saturated carbocycles. The fourth-order valence-corrected chi connectivity index (χ4v) is 7.18. The number of benzene rings is 1.